The standard InChI is InChI=1S/C29H37Cl2N7O4/c1-6-23(39)34-18-9-12-42-16-20(18)36-29-33-15-17-13-19(24-25(30)21(40-4)14-22(41-5)26(24)31)35-28(27(17)37-29)32-10-7-8-11-38(2)3/h6,13-15,18,20H,1,7-12,16H2,2-5H3,(H3,32,33,34,35,36,37,39)/p-1. The summed E-state index contributed by atoms with van der Waals surface area (Å²) in [5.41, 5.74) is 1.57. The molecule has 1 amide bonds. The Balaban J connectivity index is 1.72. The predicted molar refractivity (Wildman–Crippen MR) is 167 cm³/mol. The van der Waals surface area contributed by atoms with Crippen molar-refractivity contribution in [3.8, 4) is 22.8 Å². The lowest BCUT2D eigenvalue weighted by atomic mass is 10.0. The van der Waals surface area contributed by atoms with E-state index in [0.29, 0.717) is 75.7 Å². The fraction of sp³-hybridized carbons (Fsp3) is 0.448. The van der Waals surface area contributed by atoms with Gasteiger partial charge in [0, 0.05) is 48.3 Å². The molecule has 13 heteroatoms. The van der Waals surface area contributed by atoms with E-state index in [1.54, 1.807) is 12.3 Å². The molecule has 1 fully saturated rings. The van der Waals surface area contributed by atoms with Crippen LogP contribution in [0.1, 0.15) is 19.3 Å². The quantitative estimate of drug-likeness (QED) is 0.196. The molecule has 0 radical (unpaired) electrons. The number of carbonyl (C=O) groups excluding carboxylic acids is 1. The molecule has 11 nitrogen and oxygen atoms in total. The molecule has 2 aromatic heterocycles. The number of carbonyl (C=O) groups is 1. The van der Waals surface area contributed by atoms with Gasteiger partial charge in [-0.05, 0) is 63.6 Å². The van der Waals surface area contributed by atoms with Crippen LogP contribution < -0.4 is 20.1 Å². The summed E-state index contributed by atoms with van der Waals surface area (Å²) in [5, 5.41) is 12.4. The average molecular weight is 618 g/mol. The number of amides is 1. The Kier molecular flexibility index (Phi) is 11.0. The average Bonchev–Trinajstić information content (AvgIpc) is 2.98. The van der Waals surface area contributed by atoms with Gasteiger partial charge in [0.05, 0.1) is 36.6 Å². The summed E-state index contributed by atoms with van der Waals surface area (Å²) in [6, 6.07) is 2.89. The normalized spacial score (nSPS) is 16.7. The van der Waals surface area contributed by atoms with Crippen molar-refractivity contribution < 1.29 is 19.0 Å². The molecule has 226 valence electrons. The van der Waals surface area contributed by atoms with Crippen molar-refractivity contribution in [3.05, 3.63) is 46.3 Å². The van der Waals surface area contributed by atoms with Crippen LogP contribution in [0.2, 0.25) is 10.0 Å². The number of ether oxygens (including phenoxy) is 3. The van der Waals surface area contributed by atoms with Crippen LogP contribution in [0, 0.1) is 0 Å². The maximum Gasteiger partial charge on any atom is 0.243 e. The zero-order chi connectivity index (χ0) is 30.2. The molecule has 2 atom stereocenters. The Morgan fingerprint density at radius 1 is 1.19 bits per heavy atom. The lowest BCUT2D eigenvalue weighted by molar-refractivity contribution is -0.117. The van der Waals surface area contributed by atoms with E-state index in [1.165, 1.54) is 20.3 Å². The van der Waals surface area contributed by atoms with Gasteiger partial charge in [-0.3, -0.25) is 4.79 Å². The maximum atomic E-state index is 12.0. The smallest absolute Gasteiger partial charge is 0.243 e. The van der Waals surface area contributed by atoms with E-state index in [0.717, 1.165) is 19.4 Å². The van der Waals surface area contributed by atoms with E-state index in [2.05, 4.69) is 41.2 Å². The van der Waals surface area contributed by atoms with Gasteiger partial charge in [0.2, 0.25) is 5.91 Å². The van der Waals surface area contributed by atoms with Crippen molar-refractivity contribution in [2.45, 2.75) is 31.3 Å². The van der Waals surface area contributed by atoms with E-state index in [1.807, 2.05) is 6.07 Å². The second-order valence-corrected chi connectivity index (χ2v) is 10.8. The molecule has 1 saturated heterocycles. The first kappa shape index (κ1) is 31.6. The van der Waals surface area contributed by atoms with Crippen LogP contribution in [0.4, 0.5) is 11.8 Å². The maximum absolute atomic E-state index is 12.0. The highest BCUT2D eigenvalue weighted by atomic mass is 35.5. The van der Waals surface area contributed by atoms with E-state index < -0.39 is 0 Å². The first-order valence-electron chi connectivity index (χ1n) is 13.6. The minimum Gasteiger partial charge on any atom is -0.495 e. The first-order chi connectivity index (χ1) is 20.2. The van der Waals surface area contributed by atoms with Crippen molar-refractivity contribution in [1.29, 1.82) is 0 Å². The van der Waals surface area contributed by atoms with Gasteiger partial charge in [-0.2, -0.15) is 0 Å². The topological polar surface area (TPSA) is 125 Å². The summed E-state index contributed by atoms with van der Waals surface area (Å²) in [6.45, 7) is 6.05. The van der Waals surface area contributed by atoms with Gasteiger partial charge in [-0.1, -0.05) is 29.8 Å². The highest BCUT2D eigenvalue weighted by Crippen LogP contribution is 2.46. The number of methoxy groups -OCH3 is 2. The highest BCUT2D eigenvalue weighted by molar-refractivity contribution is 6.41. The summed E-state index contributed by atoms with van der Waals surface area (Å²) < 4.78 is 16.6. The molecule has 0 bridgehead atoms. The Morgan fingerprint density at radius 2 is 1.93 bits per heavy atom. The molecule has 3 heterocycles. The number of halogens is 2. The number of hydrogen-bond acceptors (Lipinski definition) is 9. The van der Waals surface area contributed by atoms with Crippen LogP contribution in [-0.2, 0) is 9.53 Å². The number of unbranched alkanes of at least 4 members (excludes halogenated alkanes) is 1. The number of benzene rings is 1. The molecule has 0 saturated carbocycles. The third-order valence-electron chi connectivity index (χ3n) is 6.83. The fourth-order valence-electron chi connectivity index (χ4n) is 4.62. The summed E-state index contributed by atoms with van der Waals surface area (Å²) >= 11 is 13.5. The molecule has 2 unspecified atom stereocenters. The predicted octanol–water partition coefficient (Wildman–Crippen LogP) is 5.23. The number of nitrogens with zero attached hydrogens (tertiary/aromatic N) is 5. The van der Waals surface area contributed by atoms with Crippen molar-refractivity contribution in [3.63, 3.8) is 0 Å². The summed E-state index contributed by atoms with van der Waals surface area (Å²) in [4.78, 5) is 28.3. The minimum absolute atomic E-state index is 0.217. The molecule has 4 rings (SSSR count). The Hall–Kier alpha value is -3.38. The monoisotopic (exact) mass is 616 g/mol. The molecule has 1 aliphatic rings. The van der Waals surface area contributed by atoms with Crippen molar-refractivity contribution in [2.24, 2.45) is 0 Å². The SMILES string of the molecule is C=CC(=O)NC1CCOCC1[N-]c1ncc2cc(-c3c(Cl)c(OC)cc(OC)c3Cl)nc(NCCCCN(C)C)c2n1. The van der Waals surface area contributed by atoms with E-state index in [4.69, 9.17) is 52.7 Å². The van der Waals surface area contributed by atoms with Crippen LogP contribution in [0.3, 0.4) is 0 Å². The Morgan fingerprint density at radius 3 is 2.60 bits per heavy atom. The van der Waals surface area contributed by atoms with Crippen LogP contribution in [0.25, 0.3) is 27.5 Å². The summed E-state index contributed by atoms with van der Waals surface area (Å²) in [5.74, 6) is 1.36. The number of rotatable bonds is 13. The fourth-order valence-corrected chi connectivity index (χ4v) is 5.32. The number of anilines is 1. The number of aromatic nitrogens is 3. The van der Waals surface area contributed by atoms with E-state index >= 15 is 0 Å². The molecule has 2 N–H and O–H groups in total. The van der Waals surface area contributed by atoms with E-state index in [9.17, 15) is 4.79 Å². The van der Waals surface area contributed by atoms with Crippen molar-refractivity contribution in [1.82, 2.24) is 25.2 Å². The van der Waals surface area contributed by atoms with Gasteiger partial charge in [0.15, 0.2) is 0 Å². The molecule has 1 aromatic carbocycles. The van der Waals surface area contributed by atoms with Gasteiger partial charge in [0.25, 0.3) is 0 Å². The Labute approximate surface area is 255 Å². The van der Waals surface area contributed by atoms with Crippen molar-refractivity contribution in [2.75, 3.05) is 59.9 Å². The third-order valence-corrected chi connectivity index (χ3v) is 7.58. The molecule has 3 aromatic rings. The molecular formula is C29H36Cl2N7O4-. The second-order valence-electron chi connectivity index (χ2n) is 10.1. The second kappa shape index (κ2) is 14.7. The number of hydrogen-bond donors (Lipinski definition) is 2. The first-order valence-corrected chi connectivity index (χ1v) is 14.4. The molecule has 0 spiro atoms. The summed E-state index contributed by atoms with van der Waals surface area (Å²) in [7, 11) is 7.15. The number of fused-ring (bicyclic) bond motifs is 1. The van der Waals surface area contributed by atoms with E-state index in [-0.39, 0.29) is 23.9 Å². The van der Waals surface area contributed by atoms with Gasteiger partial charge in [0.1, 0.15) is 17.3 Å². The van der Waals surface area contributed by atoms with Gasteiger partial charge in [-0.15, -0.1) is 0 Å². The lowest BCUT2D eigenvalue weighted by Crippen LogP contribution is -2.47. The number of nitrogens with one attached hydrogen (secondary N) is 2. The summed E-state index contributed by atoms with van der Waals surface area (Å²) in [6.07, 6.45) is 5.49. The zero-order valence-electron chi connectivity index (χ0n) is 24.2. The zero-order valence-corrected chi connectivity index (χ0v) is 25.8. The highest BCUT2D eigenvalue weighted by Gasteiger charge is 2.25. The van der Waals surface area contributed by atoms with Gasteiger partial charge in [-0.25, -0.2) is 4.98 Å². The lowest BCUT2D eigenvalue weighted by Gasteiger charge is -2.35. The molecule has 1 aliphatic heterocycles. The third kappa shape index (κ3) is 7.52. The van der Waals surface area contributed by atoms with Crippen LogP contribution in [-0.4, -0.2) is 92.5 Å². The molecular weight excluding hydrogens is 581 g/mol. The van der Waals surface area contributed by atoms with Crippen molar-refractivity contribution >= 4 is 51.8 Å². The Bertz CT molecular complexity index is 1390. The van der Waals surface area contributed by atoms with Gasteiger partial charge < -0.3 is 45.0 Å². The number of pyridine rings is 1. The van der Waals surface area contributed by atoms with Gasteiger partial charge >= 0.3 is 0 Å². The van der Waals surface area contributed by atoms with Crippen LogP contribution >= 0.6 is 23.2 Å². The van der Waals surface area contributed by atoms with Crippen LogP contribution in [0.5, 0.6) is 11.5 Å². The minimum atomic E-state index is -0.350. The molecule has 0 aliphatic carbocycles. The van der Waals surface area contributed by atoms with Crippen LogP contribution in [0.15, 0.2) is 31.0 Å². The molecule has 42 heavy (non-hydrogen) atoms. The largest absolute Gasteiger partial charge is 0.495 e.